The SMILES string of the molecule is CC(N)C(C)C(=O)NCc1ccc(OCc2ccccc2)cc1. The number of rotatable bonds is 7. The molecule has 4 nitrogen and oxygen atoms in total. The van der Waals surface area contributed by atoms with Crippen molar-refractivity contribution in [1.82, 2.24) is 5.32 Å². The summed E-state index contributed by atoms with van der Waals surface area (Å²) in [6.07, 6.45) is 0. The molecule has 0 saturated heterocycles. The summed E-state index contributed by atoms with van der Waals surface area (Å²) in [6.45, 7) is 4.71. The molecule has 0 saturated carbocycles. The highest BCUT2D eigenvalue weighted by Gasteiger charge is 2.16. The summed E-state index contributed by atoms with van der Waals surface area (Å²) < 4.78 is 5.74. The van der Waals surface area contributed by atoms with Crippen LogP contribution in [0.5, 0.6) is 5.75 Å². The van der Waals surface area contributed by atoms with Gasteiger partial charge in [0.15, 0.2) is 0 Å². The van der Waals surface area contributed by atoms with E-state index in [1.54, 1.807) is 0 Å². The highest BCUT2D eigenvalue weighted by Crippen LogP contribution is 2.14. The van der Waals surface area contributed by atoms with Crippen molar-refractivity contribution in [2.45, 2.75) is 33.0 Å². The van der Waals surface area contributed by atoms with Gasteiger partial charge in [-0.1, -0.05) is 49.4 Å². The fraction of sp³-hybridized carbons (Fsp3) is 0.316. The lowest BCUT2D eigenvalue weighted by Crippen LogP contribution is -2.38. The number of carbonyl (C=O) groups excluding carboxylic acids is 1. The fourth-order valence-electron chi connectivity index (χ4n) is 2.03. The summed E-state index contributed by atoms with van der Waals surface area (Å²) in [5.41, 5.74) is 7.89. The number of hydrogen-bond acceptors (Lipinski definition) is 3. The van der Waals surface area contributed by atoms with Crippen LogP contribution in [-0.2, 0) is 17.9 Å². The number of benzene rings is 2. The minimum Gasteiger partial charge on any atom is -0.489 e. The number of nitrogens with one attached hydrogen (secondary N) is 1. The largest absolute Gasteiger partial charge is 0.489 e. The van der Waals surface area contributed by atoms with Gasteiger partial charge in [-0.2, -0.15) is 0 Å². The molecule has 23 heavy (non-hydrogen) atoms. The van der Waals surface area contributed by atoms with Gasteiger partial charge in [-0.3, -0.25) is 4.79 Å². The van der Waals surface area contributed by atoms with Crippen LogP contribution in [0.1, 0.15) is 25.0 Å². The Morgan fingerprint density at radius 1 is 1.04 bits per heavy atom. The zero-order chi connectivity index (χ0) is 16.7. The van der Waals surface area contributed by atoms with Crippen molar-refractivity contribution >= 4 is 5.91 Å². The molecule has 122 valence electrons. The Morgan fingerprint density at radius 3 is 2.30 bits per heavy atom. The molecule has 0 aromatic heterocycles. The van der Waals surface area contributed by atoms with Gasteiger partial charge in [0.25, 0.3) is 0 Å². The summed E-state index contributed by atoms with van der Waals surface area (Å²) in [6, 6.07) is 17.6. The van der Waals surface area contributed by atoms with Crippen LogP contribution < -0.4 is 15.8 Å². The molecule has 1 amide bonds. The van der Waals surface area contributed by atoms with Crippen LogP contribution in [0, 0.1) is 5.92 Å². The first-order valence-electron chi connectivity index (χ1n) is 7.85. The number of hydrogen-bond donors (Lipinski definition) is 2. The Kier molecular flexibility index (Phi) is 6.18. The lowest BCUT2D eigenvalue weighted by Gasteiger charge is -2.15. The second-order valence-electron chi connectivity index (χ2n) is 5.78. The predicted molar refractivity (Wildman–Crippen MR) is 91.9 cm³/mol. The van der Waals surface area contributed by atoms with Crippen LogP contribution in [0.25, 0.3) is 0 Å². The Morgan fingerprint density at radius 2 is 1.70 bits per heavy atom. The van der Waals surface area contributed by atoms with Crippen LogP contribution in [-0.4, -0.2) is 11.9 Å². The highest BCUT2D eigenvalue weighted by atomic mass is 16.5. The Bertz CT molecular complexity index is 609. The third-order valence-corrected chi connectivity index (χ3v) is 3.84. The number of ether oxygens (including phenoxy) is 1. The van der Waals surface area contributed by atoms with Crippen molar-refractivity contribution < 1.29 is 9.53 Å². The zero-order valence-electron chi connectivity index (χ0n) is 13.7. The van der Waals surface area contributed by atoms with Crippen molar-refractivity contribution in [1.29, 1.82) is 0 Å². The van der Waals surface area contributed by atoms with E-state index in [1.165, 1.54) is 0 Å². The van der Waals surface area contributed by atoms with Crippen LogP contribution in [0.3, 0.4) is 0 Å². The smallest absolute Gasteiger partial charge is 0.224 e. The van der Waals surface area contributed by atoms with Crippen LogP contribution in [0.15, 0.2) is 54.6 Å². The minimum absolute atomic E-state index is 0.0237. The van der Waals surface area contributed by atoms with Gasteiger partial charge in [0.2, 0.25) is 5.91 Å². The fourth-order valence-corrected chi connectivity index (χ4v) is 2.03. The molecule has 0 heterocycles. The molecule has 2 rings (SSSR count). The molecule has 2 atom stereocenters. The summed E-state index contributed by atoms with van der Waals surface area (Å²) in [5.74, 6) is 0.598. The topological polar surface area (TPSA) is 64.4 Å². The summed E-state index contributed by atoms with van der Waals surface area (Å²) in [7, 11) is 0. The standard InChI is InChI=1S/C19H24N2O2/c1-14(15(2)20)19(22)21-12-16-8-10-18(11-9-16)23-13-17-6-4-3-5-7-17/h3-11,14-15H,12-13,20H2,1-2H3,(H,21,22). The van der Waals surface area contributed by atoms with Crippen LogP contribution in [0.4, 0.5) is 0 Å². The van der Waals surface area contributed by atoms with Gasteiger partial charge >= 0.3 is 0 Å². The first kappa shape index (κ1) is 17.0. The van der Waals surface area contributed by atoms with Crippen molar-refractivity contribution in [3.8, 4) is 5.75 Å². The third-order valence-electron chi connectivity index (χ3n) is 3.84. The molecule has 0 bridgehead atoms. The molecule has 0 aliphatic carbocycles. The summed E-state index contributed by atoms with van der Waals surface area (Å²) in [5, 5.41) is 2.90. The van der Waals surface area contributed by atoms with E-state index in [9.17, 15) is 4.79 Å². The van der Waals surface area contributed by atoms with Gasteiger partial charge in [-0.05, 0) is 30.2 Å². The zero-order valence-corrected chi connectivity index (χ0v) is 13.7. The molecular formula is C19H24N2O2. The normalized spacial score (nSPS) is 13.2. The molecule has 0 aliphatic heterocycles. The molecule has 0 radical (unpaired) electrons. The molecule has 2 aromatic carbocycles. The molecule has 4 heteroatoms. The van der Waals surface area contributed by atoms with E-state index in [0.29, 0.717) is 13.2 Å². The number of amides is 1. The van der Waals surface area contributed by atoms with Crippen LogP contribution in [0.2, 0.25) is 0 Å². The molecule has 2 aromatic rings. The second kappa shape index (κ2) is 8.34. The maximum atomic E-state index is 11.9. The second-order valence-corrected chi connectivity index (χ2v) is 5.78. The number of nitrogens with two attached hydrogens (primary N) is 1. The van der Waals surface area contributed by atoms with E-state index in [2.05, 4.69) is 5.32 Å². The first-order chi connectivity index (χ1) is 11.1. The minimum atomic E-state index is -0.191. The van der Waals surface area contributed by atoms with Crippen molar-refractivity contribution in [2.24, 2.45) is 11.7 Å². The van der Waals surface area contributed by atoms with Crippen molar-refractivity contribution in [2.75, 3.05) is 0 Å². The molecule has 0 spiro atoms. The highest BCUT2D eigenvalue weighted by molar-refractivity contribution is 5.78. The first-order valence-corrected chi connectivity index (χ1v) is 7.85. The summed E-state index contributed by atoms with van der Waals surface area (Å²) in [4.78, 5) is 11.9. The van der Waals surface area contributed by atoms with Gasteiger partial charge in [0.05, 0.1) is 0 Å². The van der Waals surface area contributed by atoms with Crippen molar-refractivity contribution in [3.05, 3.63) is 65.7 Å². The lowest BCUT2D eigenvalue weighted by molar-refractivity contribution is -0.125. The predicted octanol–water partition coefficient (Wildman–Crippen LogP) is 2.87. The average molecular weight is 312 g/mol. The van der Waals surface area contributed by atoms with Gasteiger partial charge in [-0.25, -0.2) is 0 Å². The quantitative estimate of drug-likeness (QED) is 0.826. The molecular weight excluding hydrogens is 288 g/mol. The van der Waals surface area contributed by atoms with Crippen LogP contribution >= 0.6 is 0 Å². The lowest BCUT2D eigenvalue weighted by atomic mass is 10.0. The molecule has 0 fully saturated rings. The van der Waals surface area contributed by atoms with Gasteiger partial charge in [0, 0.05) is 18.5 Å². The molecule has 2 unspecified atom stereocenters. The van der Waals surface area contributed by atoms with Gasteiger partial charge in [0.1, 0.15) is 12.4 Å². The van der Waals surface area contributed by atoms with Gasteiger partial charge in [-0.15, -0.1) is 0 Å². The molecule has 0 aliphatic rings. The van der Waals surface area contributed by atoms with E-state index in [0.717, 1.165) is 16.9 Å². The Balaban J connectivity index is 1.81. The van der Waals surface area contributed by atoms with E-state index in [-0.39, 0.29) is 17.9 Å². The third kappa shape index (κ3) is 5.42. The summed E-state index contributed by atoms with van der Waals surface area (Å²) >= 11 is 0. The maximum absolute atomic E-state index is 11.9. The van der Waals surface area contributed by atoms with E-state index < -0.39 is 0 Å². The van der Waals surface area contributed by atoms with Crippen molar-refractivity contribution in [3.63, 3.8) is 0 Å². The van der Waals surface area contributed by atoms with Gasteiger partial charge < -0.3 is 15.8 Å². The maximum Gasteiger partial charge on any atom is 0.224 e. The number of carbonyl (C=O) groups is 1. The van der Waals surface area contributed by atoms with E-state index in [1.807, 2.05) is 68.4 Å². The van der Waals surface area contributed by atoms with E-state index >= 15 is 0 Å². The molecule has 3 N–H and O–H groups in total. The Hall–Kier alpha value is -2.33. The monoisotopic (exact) mass is 312 g/mol. The van der Waals surface area contributed by atoms with E-state index in [4.69, 9.17) is 10.5 Å². The average Bonchev–Trinajstić information content (AvgIpc) is 2.59. The Labute approximate surface area is 137 Å².